The van der Waals surface area contributed by atoms with Gasteiger partial charge in [-0.05, 0) is 25.8 Å². The quantitative estimate of drug-likeness (QED) is 0.737. The van der Waals surface area contributed by atoms with E-state index in [4.69, 9.17) is 9.51 Å². The van der Waals surface area contributed by atoms with Crippen LogP contribution in [-0.2, 0) is 0 Å². The second-order valence-electron chi connectivity index (χ2n) is 5.82. The molecule has 1 aliphatic rings. The Labute approximate surface area is 135 Å². The summed E-state index contributed by atoms with van der Waals surface area (Å²) in [6.45, 7) is 2.90. The second-order valence-corrected chi connectivity index (χ2v) is 5.82. The number of anilines is 1. The van der Waals surface area contributed by atoms with E-state index in [1.165, 1.54) is 0 Å². The van der Waals surface area contributed by atoms with Crippen molar-refractivity contribution in [2.75, 3.05) is 11.4 Å². The van der Waals surface area contributed by atoms with Gasteiger partial charge in [-0.2, -0.15) is 0 Å². The van der Waals surface area contributed by atoms with E-state index in [0.29, 0.717) is 0 Å². The minimum Gasteiger partial charge on any atom is -0.361 e. The van der Waals surface area contributed by atoms with Crippen LogP contribution in [0.4, 0.5) is 5.82 Å². The zero-order valence-electron chi connectivity index (χ0n) is 13.0. The maximum atomic E-state index is 5.24. The molecule has 116 valence electrons. The van der Waals surface area contributed by atoms with Gasteiger partial charge in [0.15, 0.2) is 5.82 Å². The average molecular weight is 306 g/mol. The zero-order valence-corrected chi connectivity index (χ0v) is 13.0. The minimum absolute atomic E-state index is 0.228. The molecule has 4 rings (SSSR count). The molecule has 1 unspecified atom stereocenters. The molecule has 3 heterocycles. The molecule has 0 radical (unpaired) electrons. The number of aryl methyl sites for hydroxylation is 1. The van der Waals surface area contributed by atoms with Gasteiger partial charge >= 0.3 is 0 Å². The fraction of sp³-hybridized carbons (Fsp3) is 0.278. The van der Waals surface area contributed by atoms with E-state index >= 15 is 0 Å². The SMILES string of the molecule is Cc1cc(C2CCCN2c2ccnc(-c3ccccc3)n2)no1. The number of nitrogens with zero attached hydrogens (tertiary/aromatic N) is 4. The van der Waals surface area contributed by atoms with E-state index in [1.54, 1.807) is 0 Å². The molecule has 5 heteroatoms. The Morgan fingerprint density at radius 1 is 1.17 bits per heavy atom. The van der Waals surface area contributed by atoms with Crippen molar-refractivity contribution in [3.8, 4) is 11.4 Å². The van der Waals surface area contributed by atoms with Gasteiger partial charge in [0.2, 0.25) is 0 Å². The Morgan fingerprint density at radius 3 is 2.83 bits per heavy atom. The van der Waals surface area contributed by atoms with Crippen LogP contribution in [-0.4, -0.2) is 21.7 Å². The van der Waals surface area contributed by atoms with E-state index in [2.05, 4.69) is 15.0 Å². The van der Waals surface area contributed by atoms with Crippen molar-refractivity contribution in [2.24, 2.45) is 0 Å². The van der Waals surface area contributed by atoms with Crippen LogP contribution in [0.3, 0.4) is 0 Å². The average Bonchev–Trinajstić information content (AvgIpc) is 3.24. The maximum Gasteiger partial charge on any atom is 0.161 e. The molecule has 0 bridgehead atoms. The molecule has 1 saturated heterocycles. The van der Waals surface area contributed by atoms with E-state index < -0.39 is 0 Å². The van der Waals surface area contributed by atoms with Gasteiger partial charge in [-0.3, -0.25) is 0 Å². The Hall–Kier alpha value is -2.69. The Morgan fingerprint density at radius 2 is 2.04 bits per heavy atom. The van der Waals surface area contributed by atoms with Crippen LogP contribution in [0.5, 0.6) is 0 Å². The monoisotopic (exact) mass is 306 g/mol. The Balaban J connectivity index is 1.67. The molecule has 0 amide bonds. The van der Waals surface area contributed by atoms with Gasteiger partial charge < -0.3 is 9.42 Å². The van der Waals surface area contributed by atoms with Crippen LogP contribution in [0, 0.1) is 6.92 Å². The summed E-state index contributed by atoms with van der Waals surface area (Å²) in [6, 6.07) is 14.3. The predicted molar refractivity (Wildman–Crippen MR) is 88.0 cm³/mol. The third kappa shape index (κ3) is 2.70. The summed E-state index contributed by atoms with van der Waals surface area (Å²) in [5, 5.41) is 4.19. The second kappa shape index (κ2) is 5.83. The van der Waals surface area contributed by atoms with E-state index in [9.17, 15) is 0 Å². The Bertz CT molecular complexity index is 800. The molecule has 0 spiro atoms. The predicted octanol–water partition coefficient (Wildman–Crippen LogP) is 3.78. The fourth-order valence-corrected chi connectivity index (χ4v) is 3.13. The molecule has 0 N–H and O–H groups in total. The van der Waals surface area contributed by atoms with E-state index in [1.807, 2.05) is 55.6 Å². The zero-order chi connectivity index (χ0) is 15.6. The number of rotatable bonds is 3. The van der Waals surface area contributed by atoms with Crippen molar-refractivity contribution in [1.29, 1.82) is 0 Å². The topological polar surface area (TPSA) is 55.1 Å². The highest BCUT2D eigenvalue weighted by Crippen LogP contribution is 2.35. The van der Waals surface area contributed by atoms with Crippen molar-refractivity contribution >= 4 is 5.82 Å². The first-order valence-electron chi connectivity index (χ1n) is 7.89. The third-order valence-electron chi connectivity index (χ3n) is 4.21. The summed E-state index contributed by atoms with van der Waals surface area (Å²) in [6.07, 6.45) is 4.02. The van der Waals surface area contributed by atoms with Crippen LogP contribution >= 0.6 is 0 Å². The summed E-state index contributed by atoms with van der Waals surface area (Å²) in [5.74, 6) is 2.55. The molecule has 3 aromatic rings. The van der Waals surface area contributed by atoms with Crippen LogP contribution < -0.4 is 4.90 Å². The highest BCUT2D eigenvalue weighted by Gasteiger charge is 2.29. The van der Waals surface area contributed by atoms with Crippen molar-refractivity contribution in [1.82, 2.24) is 15.1 Å². The third-order valence-corrected chi connectivity index (χ3v) is 4.21. The van der Waals surface area contributed by atoms with E-state index in [0.717, 1.165) is 48.0 Å². The number of hydrogen-bond donors (Lipinski definition) is 0. The summed E-state index contributed by atoms with van der Waals surface area (Å²) >= 11 is 0. The molecular weight excluding hydrogens is 288 g/mol. The lowest BCUT2D eigenvalue weighted by Crippen LogP contribution is -2.24. The molecule has 2 aromatic heterocycles. The van der Waals surface area contributed by atoms with Crippen LogP contribution in [0.1, 0.15) is 30.3 Å². The van der Waals surface area contributed by atoms with Gasteiger partial charge in [-0.1, -0.05) is 35.5 Å². The molecule has 0 aliphatic carbocycles. The van der Waals surface area contributed by atoms with Gasteiger partial charge in [0.25, 0.3) is 0 Å². The van der Waals surface area contributed by atoms with Gasteiger partial charge in [-0.25, -0.2) is 9.97 Å². The smallest absolute Gasteiger partial charge is 0.161 e. The van der Waals surface area contributed by atoms with Crippen molar-refractivity contribution in [3.05, 3.63) is 60.1 Å². The highest BCUT2D eigenvalue weighted by molar-refractivity contribution is 5.57. The molecule has 1 aromatic carbocycles. The molecule has 1 aliphatic heterocycles. The normalized spacial score (nSPS) is 17.6. The lowest BCUT2D eigenvalue weighted by molar-refractivity contribution is 0.385. The van der Waals surface area contributed by atoms with Crippen LogP contribution in [0.25, 0.3) is 11.4 Å². The van der Waals surface area contributed by atoms with Crippen molar-refractivity contribution in [3.63, 3.8) is 0 Å². The summed E-state index contributed by atoms with van der Waals surface area (Å²) in [4.78, 5) is 11.5. The molecule has 1 fully saturated rings. The fourth-order valence-electron chi connectivity index (χ4n) is 3.13. The summed E-state index contributed by atoms with van der Waals surface area (Å²) in [7, 11) is 0. The van der Waals surface area contributed by atoms with Gasteiger partial charge in [-0.15, -0.1) is 0 Å². The maximum absolute atomic E-state index is 5.24. The standard InChI is InChI=1S/C18H18N4O/c1-13-12-15(21-23-13)16-8-5-11-22(16)17-9-10-19-18(20-17)14-6-3-2-4-7-14/h2-4,6-7,9-10,12,16H,5,8,11H2,1H3. The molecule has 23 heavy (non-hydrogen) atoms. The van der Waals surface area contributed by atoms with Gasteiger partial charge in [0, 0.05) is 24.4 Å². The number of benzene rings is 1. The first-order valence-corrected chi connectivity index (χ1v) is 7.89. The first-order chi connectivity index (χ1) is 11.3. The summed E-state index contributed by atoms with van der Waals surface area (Å²) < 4.78 is 5.24. The van der Waals surface area contributed by atoms with Crippen molar-refractivity contribution in [2.45, 2.75) is 25.8 Å². The highest BCUT2D eigenvalue weighted by atomic mass is 16.5. The molecule has 0 saturated carbocycles. The Kier molecular flexibility index (Phi) is 3.54. The first kappa shape index (κ1) is 13.9. The van der Waals surface area contributed by atoms with E-state index in [-0.39, 0.29) is 6.04 Å². The summed E-state index contributed by atoms with van der Waals surface area (Å²) in [5.41, 5.74) is 2.02. The van der Waals surface area contributed by atoms with Crippen LogP contribution in [0.15, 0.2) is 53.2 Å². The lowest BCUT2D eigenvalue weighted by atomic mass is 10.1. The largest absolute Gasteiger partial charge is 0.361 e. The molecule has 5 nitrogen and oxygen atoms in total. The van der Waals surface area contributed by atoms with Gasteiger partial charge in [0.1, 0.15) is 17.3 Å². The molecular formula is C18H18N4O. The van der Waals surface area contributed by atoms with Crippen molar-refractivity contribution < 1.29 is 4.52 Å². The lowest BCUT2D eigenvalue weighted by Gasteiger charge is -2.24. The van der Waals surface area contributed by atoms with Gasteiger partial charge in [0.05, 0.1) is 6.04 Å². The van der Waals surface area contributed by atoms with Crippen LogP contribution in [0.2, 0.25) is 0 Å². The minimum atomic E-state index is 0.228. The number of aromatic nitrogens is 3. The number of hydrogen-bond acceptors (Lipinski definition) is 5. The molecule has 1 atom stereocenters.